The standard InChI is InChI=1S/C5H7N.W/c1-3-5-6-4-2;/h2-5H,1H3;. The van der Waals surface area contributed by atoms with Gasteiger partial charge in [-0.25, -0.2) is 0 Å². The van der Waals surface area contributed by atoms with Crippen LogP contribution in [-0.4, -0.2) is 10.6 Å². The van der Waals surface area contributed by atoms with Crippen LogP contribution in [0.5, 0.6) is 0 Å². The van der Waals surface area contributed by atoms with Crippen LogP contribution >= 0.6 is 0 Å². The van der Waals surface area contributed by atoms with E-state index >= 15 is 0 Å². The molecule has 0 spiro atoms. The van der Waals surface area contributed by atoms with E-state index in [1.54, 1.807) is 12.4 Å². The van der Waals surface area contributed by atoms with E-state index in [2.05, 4.69) is 4.99 Å². The van der Waals surface area contributed by atoms with E-state index in [-0.39, 0.29) is 0 Å². The molecule has 0 bridgehead atoms. The Morgan fingerprint density at radius 2 is 2.29 bits per heavy atom. The second kappa shape index (κ2) is 5.97. The van der Waals surface area contributed by atoms with Crippen LogP contribution in [0.3, 0.4) is 0 Å². The minimum atomic E-state index is 1.43. The molecule has 0 saturated carbocycles. The third-order valence-electron chi connectivity index (χ3n) is 0.382. The van der Waals surface area contributed by atoms with Crippen LogP contribution in [0, 0.1) is 0 Å². The Kier molecular flexibility index (Phi) is 5.94. The van der Waals surface area contributed by atoms with Crippen LogP contribution < -0.4 is 0 Å². The molecule has 0 aromatic heterocycles. The van der Waals surface area contributed by atoms with Crippen molar-refractivity contribution in [3.05, 3.63) is 12.3 Å². The summed E-state index contributed by atoms with van der Waals surface area (Å²) >= 11 is 1.43. The minimum absolute atomic E-state index is 1.43. The zero-order valence-electron chi connectivity index (χ0n) is 4.16. The van der Waals surface area contributed by atoms with Gasteiger partial charge in [0.2, 0.25) is 0 Å². The van der Waals surface area contributed by atoms with E-state index in [0.717, 1.165) is 0 Å². The van der Waals surface area contributed by atoms with Crippen molar-refractivity contribution in [2.45, 2.75) is 6.92 Å². The van der Waals surface area contributed by atoms with Gasteiger partial charge in [0.05, 0.1) is 0 Å². The van der Waals surface area contributed by atoms with Gasteiger partial charge >= 0.3 is 54.2 Å². The van der Waals surface area contributed by atoms with Crippen molar-refractivity contribution in [1.29, 1.82) is 0 Å². The topological polar surface area (TPSA) is 12.4 Å². The predicted octanol–water partition coefficient (Wildman–Crippen LogP) is 0.940. The van der Waals surface area contributed by atoms with Crippen molar-refractivity contribution in [3.63, 3.8) is 0 Å². The van der Waals surface area contributed by atoms with Gasteiger partial charge in [-0.1, -0.05) is 0 Å². The molecule has 7 heavy (non-hydrogen) atoms. The number of hydrogen-bond donors (Lipinski definition) is 0. The fourth-order valence-electron chi connectivity index (χ4n) is 0.171. The van der Waals surface area contributed by atoms with Crippen LogP contribution in [0.1, 0.15) is 6.92 Å². The Labute approximate surface area is 54.6 Å². The molecule has 0 aromatic rings. The molecule has 0 heterocycles. The zero-order valence-corrected chi connectivity index (χ0v) is 7.10. The second-order valence-corrected chi connectivity index (χ2v) is 1.89. The van der Waals surface area contributed by atoms with Crippen molar-refractivity contribution in [3.8, 4) is 0 Å². The van der Waals surface area contributed by atoms with Gasteiger partial charge in [-0.05, 0) is 0 Å². The molecule has 0 aliphatic carbocycles. The zero-order chi connectivity index (χ0) is 5.54. The molecule has 0 radical (unpaired) electrons. The monoisotopic (exact) mass is 265 g/mol. The van der Waals surface area contributed by atoms with Crippen molar-refractivity contribution in [2.75, 3.05) is 0 Å². The van der Waals surface area contributed by atoms with Gasteiger partial charge in [0.25, 0.3) is 0 Å². The van der Waals surface area contributed by atoms with E-state index < -0.39 is 0 Å². The summed E-state index contributed by atoms with van der Waals surface area (Å²) in [6.45, 7) is 1.94. The predicted molar refractivity (Wildman–Crippen MR) is 29.4 cm³/mol. The van der Waals surface area contributed by atoms with Gasteiger partial charge in [0.1, 0.15) is 0 Å². The summed E-state index contributed by atoms with van der Waals surface area (Å²) in [6.07, 6.45) is 5.45. The van der Waals surface area contributed by atoms with E-state index in [1.807, 2.05) is 17.4 Å². The summed E-state index contributed by atoms with van der Waals surface area (Å²) in [7, 11) is 0. The molecule has 0 aliphatic rings. The first-order valence-corrected chi connectivity index (χ1v) is 3.69. The SMILES string of the molecule is CC=CN=C[CH]=[W]. The Bertz CT molecular complexity index is 94.3. The third kappa shape index (κ3) is 5.97. The fourth-order valence-corrected chi connectivity index (χ4v) is 0.423. The molecular formula is C5H7NW. The molecule has 0 saturated heterocycles. The van der Waals surface area contributed by atoms with Gasteiger partial charge in [-0.2, -0.15) is 0 Å². The van der Waals surface area contributed by atoms with Gasteiger partial charge in [0, 0.05) is 0 Å². The summed E-state index contributed by atoms with van der Waals surface area (Å²) in [5, 5.41) is 0. The Morgan fingerprint density at radius 3 is 2.71 bits per heavy atom. The maximum absolute atomic E-state index is 3.87. The fraction of sp³-hybridized carbons (Fsp3) is 0.200. The van der Waals surface area contributed by atoms with Crippen LogP contribution in [0.4, 0.5) is 0 Å². The number of aliphatic imine (C=N–C) groups is 1. The van der Waals surface area contributed by atoms with E-state index in [1.165, 1.54) is 19.4 Å². The normalized spacial score (nSPS) is 11.0. The quantitative estimate of drug-likeness (QED) is 0.659. The molecule has 0 atom stereocenters. The van der Waals surface area contributed by atoms with Crippen LogP contribution in [0.2, 0.25) is 0 Å². The molecule has 0 rings (SSSR count). The van der Waals surface area contributed by atoms with Crippen molar-refractivity contribution < 1.29 is 19.4 Å². The first-order chi connectivity index (χ1) is 3.41. The third-order valence-corrected chi connectivity index (χ3v) is 0.819. The summed E-state index contributed by atoms with van der Waals surface area (Å²) in [4.78, 5) is 3.87. The summed E-state index contributed by atoms with van der Waals surface area (Å²) < 4.78 is 1.97. The molecule has 0 unspecified atom stereocenters. The number of rotatable bonds is 2. The molecular weight excluding hydrogens is 258 g/mol. The molecule has 0 amide bonds. The van der Waals surface area contributed by atoms with Crippen LogP contribution in [0.25, 0.3) is 0 Å². The Morgan fingerprint density at radius 1 is 1.57 bits per heavy atom. The summed E-state index contributed by atoms with van der Waals surface area (Å²) in [5.41, 5.74) is 0. The Hall–Kier alpha value is -0.0317. The second-order valence-electron chi connectivity index (χ2n) is 0.917. The summed E-state index contributed by atoms with van der Waals surface area (Å²) in [5.74, 6) is 0. The van der Waals surface area contributed by atoms with Crippen molar-refractivity contribution >= 4 is 10.6 Å². The molecule has 0 aliphatic heterocycles. The molecule has 0 aromatic carbocycles. The van der Waals surface area contributed by atoms with Crippen molar-refractivity contribution in [1.82, 2.24) is 0 Å². The van der Waals surface area contributed by atoms with Crippen LogP contribution in [-0.2, 0) is 19.4 Å². The summed E-state index contributed by atoms with van der Waals surface area (Å²) in [6, 6.07) is 0. The number of allylic oxidation sites excluding steroid dienone is 1. The van der Waals surface area contributed by atoms with Gasteiger partial charge in [-0.15, -0.1) is 0 Å². The van der Waals surface area contributed by atoms with Crippen molar-refractivity contribution in [2.24, 2.45) is 4.99 Å². The molecule has 1 nitrogen and oxygen atoms in total. The number of hydrogen-bond acceptors (Lipinski definition) is 1. The molecule has 38 valence electrons. The molecule has 2 heteroatoms. The molecule has 0 N–H and O–H groups in total. The van der Waals surface area contributed by atoms with Crippen LogP contribution in [0.15, 0.2) is 17.3 Å². The van der Waals surface area contributed by atoms with E-state index in [4.69, 9.17) is 0 Å². The maximum atomic E-state index is 3.87. The average molecular weight is 265 g/mol. The van der Waals surface area contributed by atoms with Gasteiger partial charge in [-0.3, -0.25) is 0 Å². The number of nitrogens with zero attached hydrogens (tertiary/aromatic N) is 1. The first-order valence-electron chi connectivity index (χ1n) is 2.00. The first kappa shape index (κ1) is 6.97. The van der Waals surface area contributed by atoms with Gasteiger partial charge < -0.3 is 0 Å². The average Bonchev–Trinajstić information content (AvgIpc) is 1.69. The van der Waals surface area contributed by atoms with E-state index in [0.29, 0.717) is 0 Å². The molecule has 0 fully saturated rings. The van der Waals surface area contributed by atoms with Gasteiger partial charge in [0.15, 0.2) is 0 Å². The van der Waals surface area contributed by atoms with E-state index in [9.17, 15) is 0 Å². The Balaban J connectivity index is 3.27.